The zero-order valence-corrected chi connectivity index (χ0v) is 42.9. The molecule has 0 unspecified atom stereocenters. The first-order valence-electron chi connectivity index (χ1n) is 26.9. The molecule has 0 aromatic carbocycles. The van der Waals surface area contributed by atoms with Gasteiger partial charge in [0.05, 0.1) is 44.7 Å². The van der Waals surface area contributed by atoms with Gasteiger partial charge in [0.15, 0.2) is 30.9 Å². The Morgan fingerprint density at radius 3 is 1.91 bits per heavy atom. The van der Waals surface area contributed by atoms with Crippen LogP contribution in [0.3, 0.4) is 0 Å². The van der Waals surface area contributed by atoms with Gasteiger partial charge >= 0.3 is 0 Å². The average molecular weight is 1070 g/mol. The van der Waals surface area contributed by atoms with E-state index < -0.39 is 155 Å². The molecule has 9 aliphatic rings. The SMILES string of the molecule is C[C@H](CC[C@]1(O)O[C@H]2C[C@H]3[C@@H]4CC=C5C[C@@H](O[C@@H]6O[C@H](CO)[C@@H](O[C@@H]7O[C@H](CO)[C@@H](O)[C@H](O)[C@H]7O[C@@H]7O[C@@H](C)[C@H](O)[C@@H](O)[C@H]7O)[C@H](O)[C@H]6O)CC[C@]5(C)[C@H]4CC[C@]3(C)[C@H]2[C@@H]1C)CO[C@@H]1O[C@H](CO)[C@@H](O)[C@H](O)[C@H]1O. The molecule has 5 heterocycles. The first-order valence-corrected chi connectivity index (χ1v) is 26.9. The van der Waals surface area contributed by atoms with Crippen molar-refractivity contribution in [3.05, 3.63) is 11.6 Å². The number of hydrogen-bond acceptors (Lipinski definition) is 23. The van der Waals surface area contributed by atoms with Crippen LogP contribution in [0.2, 0.25) is 0 Å². The van der Waals surface area contributed by atoms with Crippen molar-refractivity contribution in [2.24, 2.45) is 46.3 Å². The summed E-state index contributed by atoms with van der Waals surface area (Å²) in [6, 6.07) is 0. The molecule has 0 spiro atoms. The van der Waals surface area contributed by atoms with Crippen LogP contribution in [0.25, 0.3) is 0 Å². The second kappa shape index (κ2) is 22.4. The largest absolute Gasteiger partial charge is 0.394 e. The highest BCUT2D eigenvalue weighted by atomic mass is 16.8. The smallest absolute Gasteiger partial charge is 0.187 e. The fourth-order valence-corrected chi connectivity index (χ4v) is 15.0. The van der Waals surface area contributed by atoms with E-state index in [4.69, 9.17) is 42.6 Å². The molecule has 23 nitrogen and oxygen atoms in total. The summed E-state index contributed by atoms with van der Waals surface area (Å²) < 4.78 is 53.6. The molecule has 31 atom stereocenters. The third kappa shape index (κ3) is 10.2. The Hall–Kier alpha value is -1.18. The normalized spacial score (nSPS) is 54.9. The summed E-state index contributed by atoms with van der Waals surface area (Å²) >= 11 is 0. The lowest BCUT2D eigenvalue weighted by Gasteiger charge is -2.58. The summed E-state index contributed by atoms with van der Waals surface area (Å²) in [6.45, 7) is 8.32. The van der Waals surface area contributed by atoms with Crippen LogP contribution in [0.1, 0.15) is 92.4 Å². The zero-order chi connectivity index (χ0) is 53.5. The average Bonchev–Trinajstić information content (AvgIpc) is 3.83. The van der Waals surface area contributed by atoms with E-state index in [0.29, 0.717) is 43.4 Å². The summed E-state index contributed by atoms with van der Waals surface area (Å²) in [7, 11) is 0. The molecular formula is C51H84O23. The molecular weight excluding hydrogens is 981 g/mol. The van der Waals surface area contributed by atoms with Crippen LogP contribution in [0.4, 0.5) is 0 Å². The predicted molar refractivity (Wildman–Crippen MR) is 250 cm³/mol. The molecule has 8 fully saturated rings. The summed E-state index contributed by atoms with van der Waals surface area (Å²) in [5, 5.41) is 149. The second-order valence-corrected chi connectivity index (χ2v) is 23.8. The van der Waals surface area contributed by atoms with Gasteiger partial charge in [-0.3, -0.25) is 0 Å². The van der Waals surface area contributed by atoms with Gasteiger partial charge < -0.3 is 114 Å². The zero-order valence-electron chi connectivity index (χ0n) is 42.9. The summed E-state index contributed by atoms with van der Waals surface area (Å²) in [6.07, 6.45) is -22.0. The van der Waals surface area contributed by atoms with Crippen LogP contribution in [-0.2, 0) is 42.6 Å². The van der Waals surface area contributed by atoms with Crippen molar-refractivity contribution < 1.29 is 114 Å². The number of fused-ring (bicyclic) bond motifs is 7. The highest BCUT2D eigenvalue weighted by Crippen LogP contribution is 2.70. The van der Waals surface area contributed by atoms with Crippen molar-refractivity contribution in [2.45, 2.75) is 233 Å². The van der Waals surface area contributed by atoms with E-state index in [0.717, 1.165) is 32.1 Å². The molecule has 14 N–H and O–H groups in total. The molecule has 9 rings (SSSR count). The molecule has 0 bridgehead atoms. The number of ether oxygens (including phenoxy) is 9. The molecule has 0 aromatic heterocycles. The second-order valence-electron chi connectivity index (χ2n) is 23.8. The standard InChI is InChI=1S/C51H84O23/c1-20(19-66-45-40(62)37(59)34(56)29(16-52)69-45)8-13-51(65)21(2)32-28(74-51)15-27-25-7-6-23-14-24(9-11-49(23,4)26(25)10-12-50(27,32)5)68-47-42(64)39(61)43(31(18-54)71-47)72-48-44(38(60)35(57)30(17-53)70-48)73-46-41(63)36(58)33(55)22(3)67-46/h6,20-22,24-48,52-65H,7-19H2,1-5H3/t20-,21+,22+,24+,25-,26+,27+,28+,29-,30-,31-,32+,33+,34-,35-,36-,37+,38+,39-,40-,41-,42-,43-,44-,45-,46+,47-,48+,49+,50+,51+/m1/s1. The number of hydrogen-bond donors (Lipinski definition) is 14. The van der Waals surface area contributed by atoms with Crippen LogP contribution >= 0.6 is 0 Å². The fourth-order valence-electron chi connectivity index (χ4n) is 15.0. The van der Waals surface area contributed by atoms with Gasteiger partial charge in [0.2, 0.25) is 0 Å². The van der Waals surface area contributed by atoms with Crippen molar-refractivity contribution in [1.82, 2.24) is 0 Å². The Morgan fingerprint density at radius 1 is 0.635 bits per heavy atom. The third-order valence-corrected chi connectivity index (χ3v) is 19.5. The molecule has 0 aromatic rings. The molecule has 0 amide bonds. The van der Waals surface area contributed by atoms with Gasteiger partial charge in [0.1, 0.15) is 91.6 Å². The number of rotatable bonds is 15. The van der Waals surface area contributed by atoms with E-state index in [1.165, 1.54) is 12.5 Å². The van der Waals surface area contributed by atoms with Crippen LogP contribution in [0, 0.1) is 46.3 Å². The Kier molecular flexibility index (Phi) is 17.4. The number of aliphatic hydroxyl groups is 14. The molecule has 5 saturated heterocycles. The maximum absolute atomic E-state index is 12.1. The Labute approximate surface area is 430 Å². The third-order valence-electron chi connectivity index (χ3n) is 19.5. The fraction of sp³-hybridized carbons (Fsp3) is 0.961. The quantitative estimate of drug-likeness (QED) is 0.0727. The molecule has 426 valence electrons. The van der Waals surface area contributed by atoms with Crippen molar-refractivity contribution in [2.75, 3.05) is 26.4 Å². The van der Waals surface area contributed by atoms with Gasteiger partial charge in [-0.25, -0.2) is 0 Å². The topological polar surface area (TPSA) is 366 Å². The van der Waals surface area contributed by atoms with Crippen molar-refractivity contribution in [1.29, 1.82) is 0 Å². The van der Waals surface area contributed by atoms with Crippen LogP contribution in [0.15, 0.2) is 11.6 Å². The lowest BCUT2D eigenvalue weighted by molar-refractivity contribution is -0.388. The first kappa shape index (κ1) is 57.5. The highest BCUT2D eigenvalue weighted by Gasteiger charge is 2.68. The lowest BCUT2D eigenvalue weighted by atomic mass is 9.47. The van der Waals surface area contributed by atoms with Gasteiger partial charge in [-0.15, -0.1) is 0 Å². The van der Waals surface area contributed by atoms with Gasteiger partial charge in [-0.1, -0.05) is 39.3 Å². The molecule has 5 aliphatic heterocycles. The molecule has 3 saturated carbocycles. The number of aliphatic hydroxyl groups excluding tert-OH is 13. The minimum atomic E-state index is -1.84. The molecule has 74 heavy (non-hydrogen) atoms. The van der Waals surface area contributed by atoms with Gasteiger partial charge in [-0.05, 0) is 98.7 Å². The van der Waals surface area contributed by atoms with E-state index in [2.05, 4.69) is 26.8 Å². The Bertz CT molecular complexity index is 1920. The maximum atomic E-state index is 12.1. The summed E-state index contributed by atoms with van der Waals surface area (Å²) in [5.41, 5.74) is 1.11. The van der Waals surface area contributed by atoms with Crippen LogP contribution < -0.4 is 0 Å². The lowest BCUT2D eigenvalue weighted by Crippen LogP contribution is -2.66. The van der Waals surface area contributed by atoms with E-state index in [1.54, 1.807) is 0 Å². The summed E-state index contributed by atoms with van der Waals surface area (Å²) in [4.78, 5) is 0. The molecule has 4 aliphatic carbocycles. The Balaban J connectivity index is 0.797. The van der Waals surface area contributed by atoms with Crippen molar-refractivity contribution >= 4 is 0 Å². The van der Waals surface area contributed by atoms with Gasteiger partial charge in [0.25, 0.3) is 0 Å². The number of allylic oxidation sites excluding steroid dienone is 1. The van der Waals surface area contributed by atoms with Crippen LogP contribution in [-0.4, -0.2) is 239 Å². The minimum absolute atomic E-state index is 0.0482. The van der Waals surface area contributed by atoms with Crippen molar-refractivity contribution in [3.63, 3.8) is 0 Å². The monoisotopic (exact) mass is 1060 g/mol. The summed E-state index contributed by atoms with van der Waals surface area (Å²) in [5.74, 6) is -0.167. The van der Waals surface area contributed by atoms with E-state index in [9.17, 15) is 71.5 Å². The van der Waals surface area contributed by atoms with E-state index >= 15 is 0 Å². The minimum Gasteiger partial charge on any atom is -0.394 e. The van der Waals surface area contributed by atoms with Crippen LogP contribution in [0.5, 0.6) is 0 Å². The first-order chi connectivity index (χ1) is 35.0. The van der Waals surface area contributed by atoms with Gasteiger partial charge in [0, 0.05) is 12.3 Å². The highest BCUT2D eigenvalue weighted by molar-refractivity contribution is 5.26. The molecule has 0 radical (unpaired) electrons. The van der Waals surface area contributed by atoms with E-state index in [1.807, 2.05) is 6.92 Å². The molecule has 23 heteroatoms. The van der Waals surface area contributed by atoms with Crippen molar-refractivity contribution in [3.8, 4) is 0 Å². The Morgan fingerprint density at radius 2 is 1.22 bits per heavy atom. The predicted octanol–water partition coefficient (Wildman–Crippen LogP) is -3.01. The van der Waals surface area contributed by atoms with E-state index in [-0.39, 0.29) is 41.3 Å². The maximum Gasteiger partial charge on any atom is 0.187 e. The van der Waals surface area contributed by atoms with Gasteiger partial charge in [-0.2, -0.15) is 0 Å².